The van der Waals surface area contributed by atoms with Gasteiger partial charge in [0.2, 0.25) is 5.91 Å². The van der Waals surface area contributed by atoms with Gasteiger partial charge in [-0.3, -0.25) is 4.79 Å². The van der Waals surface area contributed by atoms with Gasteiger partial charge in [-0.1, -0.05) is 31.0 Å². The summed E-state index contributed by atoms with van der Waals surface area (Å²) in [5, 5.41) is -1.26. The Bertz CT molecular complexity index is 647. The van der Waals surface area contributed by atoms with Gasteiger partial charge in [-0.25, -0.2) is 8.42 Å². The first-order valence-electron chi connectivity index (χ1n) is 7.64. The summed E-state index contributed by atoms with van der Waals surface area (Å²) in [4.78, 5) is 14.3. The predicted molar refractivity (Wildman–Crippen MR) is 83.1 cm³/mol. The molecular weight excluding hydrogens is 286 g/mol. The Morgan fingerprint density at radius 3 is 2.62 bits per heavy atom. The minimum Gasteiger partial charge on any atom is -0.311 e. The van der Waals surface area contributed by atoms with Gasteiger partial charge in [0, 0.05) is 12.2 Å². The lowest BCUT2D eigenvalue weighted by molar-refractivity contribution is -0.117. The van der Waals surface area contributed by atoms with Gasteiger partial charge in [0.25, 0.3) is 0 Å². The van der Waals surface area contributed by atoms with Crippen molar-refractivity contribution in [3.8, 4) is 0 Å². The summed E-state index contributed by atoms with van der Waals surface area (Å²) in [5.41, 5.74) is 1.99. The van der Waals surface area contributed by atoms with Gasteiger partial charge in [-0.05, 0) is 37.8 Å². The van der Waals surface area contributed by atoms with Crippen molar-refractivity contribution < 1.29 is 13.2 Å². The summed E-state index contributed by atoms with van der Waals surface area (Å²) in [6, 6.07) is 7.74. The van der Waals surface area contributed by atoms with Crippen LogP contribution in [0.25, 0.3) is 0 Å². The molecule has 4 nitrogen and oxygen atoms in total. The van der Waals surface area contributed by atoms with E-state index in [9.17, 15) is 13.2 Å². The molecule has 2 aliphatic rings. The summed E-state index contributed by atoms with van der Waals surface area (Å²) in [5.74, 6) is -0.271. The minimum atomic E-state index is -3.37. The van der Waals surface area contributed by atoms with E-state index in [0.29, 0.717) is 19.4 Å². The number of benzene rings is 1. The monoisotopic (exact) mass is 307 g/mol. The number of carbonyl (C=O) groups is 1. The summed E-state index contributed by atoms with van der Waals surface area (Å²) < 4.78 is 25.2. The molecule has 3 rings (SSSR count). The minimum absolute atomic E-state index is 0.271. The average Bonchev–Trinajstić information content (AvgIpc) is 3.15. The Labute approximate surface area is 126 Å². The SMILES string of the molecule is C[C@@H](C(=O)N1CCc2ccccc21)S(=O)(=O)C1CCCC1. The van der Waals surface area contributed by atoms with E-state index in [4.69, 9.17) is 0 Å². The number of nitrogens with zero attached hydrogens (tertiary/aromatic N) is 1. The van der Waals surface area contributed by atoms with E-state index in [1.807, 2.05) is 24.3 Å². The number of hydrogen-bond acceptors (Lipinski definition) is 3. The van der Waals surface area contributed by atoms with Gasteiger partial charge >= 0.3 is 0 Å². The second-order valence-electron chi connectivity index (χ2n) is 6.01. The molecule has 0 bridgehead atoms. The van der Waals surface area contributed by atoms with Crippen LogP contribution in [0.15, 0.2) is 24.3 Å². The zero-order valence-corrected chi connectivity index (χ0v) is 13.1. The van der Waals surface area contributed by atoms with Gasteiger partial charge in [-0.2, -0.15) is 0 Å². The molecule has 5 heteroatoms. The van der Waals surface area contributed by atoms with E-state index in [-0.39, 0.29) is 11.2 Å². The van der Waals surface area contributed by atoms with E-state index in [0.717, 1.165) is 30.5 Å². The molecule has 0 radical (unpaired) electrons. The van der Waals surface area contributed by atoms with Crippen molar-refractivity contribution in [2.24, 2.45) is 0 Å². The van der Waals surface area contributed by atoms with Crippen LogP contribution in [0.5, 0.6) is 0 Å². The zero-order chi connectivity index (χ0) is 15.0. The highest BCUT2D eigenvalue weighted by atomic mass is 32.2. The summed E-state index contributed by atoms with van der Waals surface area (Å²) in [6.07, 6.45) is 4.12. The molecule has 21 heavy (non-hydrogen) atoms. The standard InChI is InChI=1S/C16H21NO3S/c1-12(21(19,20)14-7-3-4-8-14)16(18)17-11-10-13-6-2-5-9-15(13)17/h2,5-6,9,12,14H,3-4,7-8,10-11H2,1H3/t12-/m0/s1. The lowest BCUT2D eigenvalue weighted by atomic mass is 10.2. The van der Waals surface area contributed by atoms with Gasteiger partial charge in [0.15, 0.2) is 9.84 Å². The fourth-order valence-corrected chi connectivity index (χ4v) is 5.41. The van der Waals surface area contributed by atoms with Gasteiger partial charge in [0.05, 0.1) is 5.25 Å². The van der Waals surface area contributed by atoms with Crippen LogP contribution in [0.3, 0.4) is 0 Å². The highest BCUT2D eigenvalue weighted by molar-refractivity contribution is 7.93. The zero-order valence-electron chi connectivity index (χ0n) is 12.3. The quantitative estimate of drug-likeness (QED) is 0.861. The van der Waals surface area contributed by atoms with Crippen molar-refractivity contribution in [2.75, 3.05) is 11.4 Å². The van der Waals surface area contributed by atoms with Crippen molar-refractivity contribution in [1.29, 1.82) is 0 Å². The Kier molecular flexibility index (Phi) is 3.78. The first kappa shape index (κ1) is 14.6. The molecule has 114 valence electrons. The smallest absolute Gasteiger partial charge is 0.245 e. The maximum Gasteiger partial charge on any atom is 0.245 e. The van der Waals surface area contributed by atoms with Crippen LogP contribution in [0.4, 0.5) is 5.69 Å². The van der Waals surface area contributed by atoms with Gasteiger partial charge in [-0.15, -0.1) is 0 Å². The van der Waals surface area contributed by atoms with Crippen LogP contribution >= 0.6 is 0 Å². The lowest BCUT2D eigenvalue weighted by Crippen LogP contribution is -2.43. The number of hydrogen-bond donors (Lipinski definition) is 0. The number of fused-ring (bicyclic) bond motifs is 1. The number of rotatable bonds is 3. The first-order valence-corrected chi connectivity index (χ1v) is 9.25. The van der Waals surface area contributed by atoms with Crippen LogP contribution in [-0.4, -0.2) is 31.4 Å². The summed E-state index contributed by atoms with van der Waals surface area (Å²) in [6.45, 7) is 2.14. The van der Waals surface area contributed by atoms with Crippen LogP contribution in [-0.2, 0) is 21.1 Å². The first-order chi connectivity index (χ1) is 10.0. The van der Waals surface area contributed by atoms with E-state index in [1.165, 1.54) is 0 Å². The molecule has 0 aromatic heterocycles. The highest BCUT2D eigenvalue weighted by Crippen LogP contribution is 2.31. The Balaban J connectivity index is 1.83. The fraction of sp³-hybridized carbons (Fsp3) is 0.562. The highest BCUT2D eigenvalue weighted by Gasteiger charge is 2.40. The van der Waals surface area contributed by atoms with Crippen LogP contribution in [0.1, 0.15) is 38.2 Å². The molecule has 0 saturated heterocycles. The maximum absolute atomic E-state index is 12.7. The van der Waals surface area contributed by atoms with Crippen molar-refractivity contribution in [3.63, 3.8) is 0 Å². The normalized spacial score (nSPS) is 20.5. The van der Waals surface area contributed by atoms with E-state index in [2.05, 4.69) is 0 Å². The lowest BCUT2D eigenvalue weighted by Gasteiger charge is -2.23. The molecule has 1 fully saturated rings. The second kappa shape index (κ2) is 5.44. The topological polar surface area (TPSA) is 54.5 Å². The number of carbonyl (C=O) groups excluding carboxylic acids is 1. The molecule has 1 atom stereocenters. The van der Waals surface area contributed by atoms with Crippen molar-refractivity contribution in [2.45, 2.75) is 49.5 Å². The molecule has 1 amide bonds. The summed E-state index contributed by atoms with van der Waals surface area (Å²) >= 11 is 0. The number of amides is 1. The molecule has 1 aromatic rings. The van der Waals surface area contributed by atoms with Gasteiger partial charge in [0.1, 0.15) is 5.25 Å². The van der Waals surface area contributed by atoms with E-state index in [1.54, 1.807) is 11.8 Å². The second-order valence-corrected chi connectivity index (χ2v) is 8.56. The Morgan fingerprint density at radius 2 is 1.90 bits per heavy atom. The number of anilines is 1. The third-order valence-corrected chi connectivity index (χ3v) is 7.35. The van der Waals surface area contributed by atoms with Crippen molar-refractivity contribution >= 4 is 21.4 Å². The van der Waals surface area contributed by atoms with E-state index >= 15 is 0 Å². The van der Waals surface area contributed by atoms with E-state index < -0.39 is 15.1 Å². The fourth-order valence-electron chi connectivity index (χ4n) is 3.43. The molecular formula is C16H21NO3S. The van der Waals surface area contributed by atoms with Gasteiger partial charge < -0.3 is 4.90 Å². The Hall–Kier alpha value is -1.36. The van der Waals surface area contributed by atoms with Crippen molar-refractivity contribution in [3.05, 3.63) is 29.8 Å². The van der Waals surface area contributed by atoms with Crippen LogP contribution in [0, 0.1) is 0 Å². The number of sulfone groups is 1. The molecule has 0 spiro atoms. The molecule has 1 aromatic carbocycles. The third-order valence-electron chi connectivity index (χ3n) is 4.76. The van der Waals surface area contributed by atoms with Crippen LogP contribution < -0.4 is 4.90 Å². The maximum atomic E-state index is 12.7. The molecule has 1 aliphatic carbocycles. The molecule has 1 aliphatic heterocycles. The van der Waals surface area contributed by atoms with Crippen molar-refractivity contribution in [1.82, 2.24) is 0 Å². The third kappa shape index (κ3) is 2.48. The summed E-state index contributed by atoms with van der Waals surface area (Å²) in [7, 11) is -3.37. The molecule has 1 heterocycles. The molecule has 0 unspecified atom stereocenters. The number of para-hydroxylation sites is 1. The Morgan fingerprint density at radius 1 is 1.24 bits per heavy atom. The molecule has 1 saturated carbocycles. The average molecular weight is 307 g/mol. The predicted octanol–water partition coefficient (Wildman–Crippen LogP) is 2.32. The largest absolute Gasteiger partial charge is 0.311 e. The molecule has 0 N–H and O–H groups in total. The van der Waals surface area contributed by atoms with Crippen LogP contribution in [0.2, 0.25) is 0 Å².